The van der Waals surface area contributed by atoms with Gasteiger partial charge in [-0.2, -0.15) is 0 Å². The molecule has 0 spiro atoms. The average molecular weight is 1140 g/mol. The van der Waals surface area contributed by atoms with Crippen molar-refractivity contribution in [1.29, 1.82) is 0 Å². The van der Waals surface area contributed by atoms with Crippen LogP contribution in [0.25, 0.3) is 18.2 Å². The Balaban J connectivity index is -0.0000000799. The molecular formula is C37H51Ir3N5-6. The molecule has 0 unspecified atom stereocenters. The van der Waals surface area contributed by atoms with Gasteiger partial charge in [-0.05, 0) is 29.8 Å². The van der Waals surface area contributed by atoms with E-state index < -0.39 is 0 Å². The minimum Gasteiger partial charge on any atom is -0.358 e. The Morgan fingerprint density at radius 1 is 0.556 bits per heavy atom. The van der Waals surface area contributed by atoms with Gasteiger partial charge >= 0.3 is 0 Å². The van der Waals surface area contributed by atoms with Crippen molar-refractivity contribution in [2.75, 3.05) is 5.43 Å². The molecule has 0 bridgehead atoms. The Morgan fingerprint density at radius 3 is 1.18 bits per heavy atom. The first-order valence-electron chi connectivity index (χ1n) is 12.6. The number of aromatic nitrogens is 3. The Labute approximate surface area is 317 Å². The van der Waals surface area contributed by atoms with Gasteiger partial charge in [0.05, 0.1) is 5.69 Å². The third-order valence-electron chi connectivity index (χ3n) is 4.46. The van der Waals surface area contributed by atoms with Crippen molar-refractivity contribution in [1.82, 2.24) is 20.4 Å². The molecule has 5 nitrogen and oxygen atoms in total. The third-order valence-corrected chi connectivity index (χ3v) is 4.46. The summed E-state index contributed by atoms with van der Waals surface area (Å²) in [5, 5.41) is 0. The van der Waals surface area contributed by atoms with E-state index in [9.17, 15) is 0 Å². The van der Waals surface area contributed by atoms with Crippen LogP contribution in [0.5, 0.6) is 0 Å². The maximum atomic E-state index is 4.05. The van der Waals surface area contributed by atoms with E-state index in [0.717, 1.165) is 23.6 Å². The van der Waals surface area contributed by atoms with Gasteiger partial charge in [-0.15, -0.1) is 39.0 Å². The minimum atomic E-state index is 0. The summed E-state index contributed by atoms with van der Waals surface area (Å²) in [5.41, 5.74) is 11.5. The van der Waals surface area contributed by atoms with Gasteiger partial charge in [-0.3, -0.25) is 18.2 Å². The van der Waals surface area contributed by atoms with E-state index in [0.29, 0.717) is 0 Å². The fourth-order valence-corrected chi connectivity index (χ4v) is 2.86. The number of nitrogens with zero attached hydrogens (tertiary/aromatic N) is 3. The first-order valence-corrected chi connectivity index (χ1v) is 12.6. The van der Waals surface area contributed by atoms with Crippen molar-refractivity contribution in [2.45, 2.75) is 48.6 Å². The number of para-hydroxylation sites is 1. The molecule has 2 N–H and O–H groups in total. The van der Waals surface area contributed by atoms with Crippen molar-refractivity contribution in [2.24, 2.45) is 0 Å². The topological polar surface area (TPSA) is 62.7 Å². The van der Waals surface area contributed by atoms with Gasteiger partial charge in [0.25, 0.3) is 0 Å². The summed E-state index contributed by atoms with van der Waals surface area (Å²) in [5.74, 6) is 0. The molecule has 3 aromatic heterocycles. The Bertz CT molecular complexity index is 1050. The van der Waals surface area contributed by atoms with E-state index >= 15 is 0 Å². The maximum Gasteiger partial charge on any atom is 0.0533 e. The average Bonchev–Trinajstić information content (AvgIpc) is 3.47. The molecule has 45 heavy (non-hydrogen) atoms. The van der Waals surface area contributed by atoms with Crippen LogP contribution in [0.1, 0.15) is 64.7 Å². The first-order chi connectivity index (χ1) is 18.8. The summed E-state index contributed by atoms with van der Waals surface area (Å²) in [4.78, 5) is 12.2. The number of pyridine rings is 3. The van der Waals surface area contributed by atoms with Gasteiger partial charge in [-0.25, -0.2) is 23.7 Å². The fraction of sp³-hybridized carbons (Fsp3) is 0.189. The quantitative estimate of drug-likeness (QED) is 0.200. The van der Waals surface area contributed by atoms with Crippen LogP contribution in [0.15, 0.2) is 97.5 Å². The summed E-state index contributed by atoms with van der Waals surface area (Å²) >= 11 is 0. The number of fused-ring (bicyclic) bond motifs is 1. The molecular weight excluding hydrogens is 1090 g/mol. The van der Waals surface area contributed by atoms with Crippen molar-refractivity contribution in [3.8, 4) is 0 Å². The van der Waals surface area contributed by atoms with Crippen LogP contribution in [-0.4, -0.2) is 15.0 Å². The van der Waals surface area contributed by atoms with E-state index in [1.54, 1.807) is 18.6 Å². The number of anilines is 1. The zero-order chi connectivity index (χ0) is 27.7. The number of allylic oxidation sites excluding steroid dienone is 3. The molecule has 3 radical (unpaired) electrons. The van der Waals surface area contributed by atoms with E-state index in [1.807, 2.05) is 120 Å². The molecule has 0 aliphatic carbocycles. The fourth-order valence-electron chi connectivity index (χ4n) is 2.86. The zero-order valence-corrected chi connectivity index (χ0v) is 34.2. The minimum absolute atomic E-state index is 0. The number of hydrogen-bond acceptors (Lipinski definition) is 5. The summed E-state index contributed by atoms with van der Waals surface area (Å²) in [6.07, 6.45) is 19.5. The molecule has 5 rings (SSSR count). The molecule has 8 heteroatoms. The van der Waals surface area contributed by atoms with E-state index in [-0.39, 0.29) is 90.0 Å². The largest absolute Gasteiger partial charge is 0.358 e. The number of hydrazine groups is 1. The second-order valence-corrected chi connectivity index (χ2v) is 7.20. The number of nitrogens with one attached hydrogen (secondary N) is 2. The third kappa shape index (κ3) is 28.8. The normalized spacial score (nSPS) is 9.27. The molecule has 1 aliphatic rings. The van der Waals surface area contributed by atoms with E-state index in [2.05, 4.69) is 56.2 Å². The van der Waals surface area contributed by atoms with Crippen molar-refractivity contribution in [3.63, 3.8) is 0 Å². The number of benzene rings is 1. The SMILES string of the molecule is C.CC.C[C-]=Cc1ccccn1.C[C-]=Cc1ccccn1.C[C-]=Cc1ccccn1.[CH3-].[CH3-].[CH3-].[Ir].[Ir].[Ir].c1ccc2c(c1)CNN2. The number of rotatable bonds is 3. The van der Waals surface area contributed by atoms with Crippen LogP contribution < -0.4 is 10.9 Å². The first kappa shape index (κ1) is 58.2. The van der Waals surface area contributed by atoms with Crippen molar-refractivity contribution >= 4 is 23.9 Å². The Morgan fingerprint density at radius 2 is 0.889 bits per heavy atom. The van der Waals surface area contributed by atoms with Crippen molar-refractivity contribution in [3.05, 3.63) is 161 Å². The molecule has 4 heterocycles. The van der Waals surface area contributed by atoms with Crippen LogP contribution >= 0.6 is 0 Å². The zero-order valence-electron chi connectivity index (χ0n) is 27.0. The van der Waals surface area contributed by atoms with Crippen LogP contribution in [0, 0.1) is 40.5 Å². The Hall–Kier alpha value is -2.40. The van der Waals surface area contributed by atoms with Gasteiger partial charge in [-0.1, -0.05) is 74.8 Å². The monoisotopic (exact) mass is 1140 g/mol. The van der Waals surface area contributed by atoms with Crippen LogP contribution in [0.3, 0.4) is 0 Å². The van der Waals surface area contributed by atoms with Gasteiger partial charge in [0, 0.05) is 85.5 Å². The van der Waals surface area contributed by atoms with Gasteiger partial charge in [0.1, 0.15) is 0 Å². The molecule has 4 aromatic rings. The van der Waals surface area contributed by atoms with E-state index in [1.165, 1.54) is 11.3 Å². The molecule has 1 aliphatic heterocycles. The summed E-state index contributed by atoms with van der Waals surface area (Å²) in [6.45, 7) is 10.5. The predicted molar refractivity (Wildman–Crippen MR) is 187 cm³/mol. The maximum absolute atomic E-state index is 4.05. The van der Waals surface area contributed by atoms with E-state index in [4.69, 9.17) is 0 Å². The Kier molecular flexibility index (Phi) is 53.8. The standard InChI is InChI=1S/3C8H8N.C7H8N2.C2H6.CH4.3CH3.3Ir/c3*1-2-5-8-6-3-4-7-9-8;1-2-4-7-6(3-1)5-8-9-7;1-2;;;;;;;/h3*3-7H,1H3;1-4,8-9H,5H2;1-2H3;1H4;3*1H3;;;/q3*-1;;;;3*-1;;;. The molecule has 0 saturated carbocycles. The summed E-state index contributed by atoms with van der Waals surface area (Å²) < 4.78 is 0. The molecule has 0 fully saturated rings. The van der Waals surface area contributed by atoms with Gasteiger partial charge in [0.2, 0.25) is 0 Å². The number of hydrogen-bond donors (Lipinski definition) is 2. The summed E-state index contributed by atoms with van der Waals surface area (Å²) in [6, 6.07) is 25.6. The molecule has 1 aromatic carbocycles. The van der Waals surface area contributed by atoms with Crippen LogP contribution in [0.2, 0.25) is 0 Å². The summed E-state index contributed by atoms with van der Waals surface area (Å²) in [7, 11) is 0. The van der Waals surface area contributed by atoms with Crippen LogP contribution in [0.4, 0.5) is 5.69 Å². The van der Waals surface area contributed by atoms with Crippen LogP contribution in [-0.2, 0) is 66.9 Å². The second kappa shape index (κ2) is 41.6. The molecule has 0 saturated heterocycles. The second-order valence-electron chi connectivity index (χ2n) is 7.20. The molecule has 0 atom stereocenters. The van der Waals surface area contributed by atoms with Crippen molar-refractivity contribution < 1.29 is 60.3 Å². The van der Waals surface area contributed by atoms with Gasteiger partial charge < -0.3 is 42.7 Å². The molecule has 257 valence electrons. The predicted octanol–water partition coefficient (Wildman–Crippen LogP) is 9.88. The molecule has 0 amide bonds. The smallest absolute Gasteiger partial charge is 0.0533 e. The van der Waals surface area contributed by atoms with Gasteiger partial charge in [0.15, 0.2) is 0 Å².